The third-order valence-corrected chi connectivity index (χ3v) is 5.49. The van der Waals surface area contributed by atoms with Crippen molar-refractivity contribution < 1.29 is 9.59 Å². The van der Waals surface area contributed by atoms with E-state index in [0.717, 1.165) is 16.2 Å². The van der Waals surface area contributed by atoms with Crippen molar-refractivity contribution in [3.8, 4) is 0 Å². The quantitative estimate of drug-likeness (QED) is 0.664. The molecule has 3 amide bonds. The molecule has 130 valence electrons. The predicted octanol–water partition coefficient (Wildman–Crippen LogP) is 3.81. The first-order valence-electron chi connectivity index (χ1n) is 7.87. The van der Waals surface area contributed by atoms with E-state index in [0.29, 0.717) is 5.92 Å². The van der Waals surface area contributed by atoms with Crippen molar-refractivity contribution >= 4 is 34.6 Å². The minimum absolute atomic E-state index is 0.00457. The largest absolute Gasteiger partial charge is 0.352 e. The van der Waals surface area contributed by atoms with Gasteiger partial charge in [-0.1, -0.05) is 26.0 Å². The van der Waals surface area contributed by atoms with Crippen LogP contribution in [0.15, 0.2) is 35.0 Å². The summed E-state index contributed by atoms with van der Waals surface area (Å²) in [6, 6.07) is 6.78. The zero-order valence-electron chi connectivity index (χ0n) is 13.8. The highest BCUT2D eigenvalue weighted by Gasteiger charge is 2.22. The number of carbonyl (C=O) groups is 2. The minimum Gasteiger partial charge on any atom is -0.352 e. The topological polar surface area (TPSA) is 84.2 Å². The van der Waals surface area contributed by atoms with Crippen LogP contribution in [-0.2, 0) is 4.79 Å². The van der Waals surface area contributed by atoms with E-state index in [9.17, 15) is 9.59 Å². The van der Waals surface area contributed by atoms with E-state index in [-0.39, 0.29) is 18.4 Å². The number of nitrogens with two attached hydrogens (primary N) is 1. The van der Waals surface area contributed by atoms with Crippen LogP contribution in [0.1, 0.15) is 48.5 Å². The number of rotatable bonds is 8. The van der Waals surface area contributed by atoms with Crippen LogP contribution in [0.3, 0.4) is 0 Å². The zero-order chi connectivity index (χ0) is 17.5. The number of hydrogen-bond donors (Lipinski definition) is 3. The van der Waals surface area contributed by atoms with Crippen molar-refractivity contribution in [2.75, 3.05) is 0 Å². The number of primary amides is 1. The zero-order valence-corrected chi connectivity index (χ0v) is 15.5. The highest BCUT2D eigenvalue weighted by Crippen LogP contribution is 2.27. The van der Waals surface area contributed by atoms with Gasteiger partial charge in [0.25, 0.3) is 0 Å². The first-order valence-corrected chi connectivity index (χ1v) is 9.63. The predicted molar refractivity (Wildman–Crippen MR) is 99.1 cm³/mol. The summed E-state index contributed by atoms with van der Waals surface area (Å²) < 4.78 is 0. The van der Waals surface area contributed by atoms with Crippen molar-refractivity contribution in [2.45, 2.75) is 38.8 Å². The molecule has 0 spiro atoms. The van der Waals surface area contributed by atoms with Gasteiger partial charge in [0.1, 0.15) is 0 Å². The first kappa shape index (κ1) is 18.5. The Morgan fingerprint density at radius 1 is 1.04 bits per heavy atom. The molecule has 2 rings (SSSR count). The van der Waals surface area contributed by atoms with Crippen LogP contribution in [0, 0.1) is 5.92 Å². The van der Waals surface area contributed by atoms with Gasteiger partial charge in [0.05, 0.1) is 18.5 Å². The summed E-state index contributed by atoms with van der Waals surface area (Å²) in [6.07, 6.45) is 1.04. The van der Waals surface area contributed by atoms with E-state index in [4.69, 9.17) is 5.73 Å². The van der Waals surface area contributed by atoms with E-state index in [1.54, 1.807) is 11.3 Å². The third-order valence-electron chi connectivity index (χ3n) is 3.52. The Kier molecular flexibility index (Phi) is 6.81. The number of hydrogen-bond acceptors (Lipinski definition) is 4. The second-order valence-corrected chi connectivity index (χ2v) is 8.00. The summed E-state index contributed by atoms with van der Waals surface area (Å²) in [4.78, 5) is 25.8. The van der Waals surface area contributed by atoms with Crippen molar-refractivity contribution in [1.82, 2.24) is 10.6 Å². The maximum absolute atomic E-state index is 12.5. The molecule has 2 heterocycles. The lowest BCUT2D eigenvalue weighted by Crippen LogP contribution is -2.37. The van der Waals surface area contributed by atoms with Crippen LogP contribution in [0.2, 0.25) is 0 Å². The van der Waals surface area contributed by atoms with Gasteiger partial charge in [-0.3, -0.25) is 4.79 Å². The van der Waals surface area contributed by atoms with E-state index < -0.39 is 12.1 Å². The monoisotopic (exact) mass is 365 g/mol. The Balaban J connectivity index is 2.04. The van der Waals surface area contributed by atoms with Gasteiger partial charge in [-0.2, -0.15) is 0 Å². The molecule has 0 aromatic carbocycles. The smallest absolute Gasteiger partial charge is 0.312 e. The fourth-order valence-electron chi connectivity index (χ4n) is 2.53. The molecule has 2 aromatic heterocycles. The molecule has 0 fully saturated rings. The molecule has 2 aromatic rings. The molecule has 0 unspecified atom stereocenters. The standard InChI is InChI=1S/C17H23N3O2S2/c1-11(2)9-12(14-5-3-7-23-14)19-16(21)10-13(20-17(18)22)15-6-4-8-24-15/h3-8,11-13H,9-10H2,1-2H3,(H,19,21)(H3,18,20,22)/t12-,13-/m1/s1. The second kappa shape index (κ2) is 8.84. The Morgan fingerprint density at radius 2 is 1.62 bits per heavy atom. The lowest BCUT2D eigenvalue weighted by Gasteiger charge is -2.22. The summed E-state index contributed by atoms with van der Waals surface area (Å²) in [6.45, 7) is 4.27. The van der Waals surface area contributed by atoms with Gasteiger partial charge in [-0.05, 0) is 35.2 Å². The Bertz CT molecular complexity index is 639. The molecule has 0 bridgehead atoms. The van der Waals surface area contributed by atoms with Gasteiger partial charge in [-0.25, -0.2) is 4.79 Å². The minimum atomic E-state index is -0.627. The molecule has 24 heavy (non-hydrogen) atoms. The summed E-state index contributed by atoms with van der Waals surface area (Å²) >= 11 is 3.13. The molecule has 4 N–H and O–H groups in total. The number of thiophene rings is 2. The van der Waals surface area contributed by atoms with Crippen LogP contribution in [0.4, 0.5) is 4.79 Å². The van der Waals surface area contributed by atoms with Gasteiger partial charge in [0.15, 0.2) is 0 Å². The number of amides is 3. The Hall–Kier alpha value is -1.86. The second-order valence-electron chi connectivity index (χ2n) is 6.05. The van der Waals surface area contributed by atoms with Crippen molar-refractivity contribution in [2.24, 2.45) is 11.7 Å². The van der Waals surface area contributed by atoms with Crippen molar-refractivity contribution in [1.29, 1.82) is 0 Å². The highest BCUT2D eigenvalue weighted by molar-refractivity contribution is 7.10. The van der Waals surface area contributed by atoms with E-state index in [1.807, 2.05) is 35.0 Å². The van der Waals surface area contributed by atoms with E-state index in [2.05, 4.69) is 24.5 Å². The molecular formula is C17H23N3O2S2. The van der Waals surface area contributed by atoms with Crippen LogP contribution in [0.25, 0.3) is 0 Å². The highest BCUT2D eigenvalue weighted by atomic mass is 32.1. The fraction of sp³-hybridized carbons (Fsp3) is 0.412. The maximum Gasteiger partial charge on any atom is 0.312 e. The van der Waals surface area contributed by atoms with Crippen molar-refractivity contribution in [3.63, 3.8) is 0 Å². The van der Waals surface area contributed by atoms with E-state index >= 15 is 0 Å². The maximum atomic E-state index is 12.5. The molecule has 0 radical (unpaired) electrons. The molecule has 5 nitrogen and oxygen atoms in total. The average molecular weight is 366 g/mol. The molecule has 0 aliphatic carbocycles. The lowest BCUT2D eigenvalue weighted by molar-refractivity contribution is -0.122. The SMILES string of the molecule is CC(C)C[C@@H](NC(=O)C[C@@H](NC(N)=O)c1cccs1)c1cccs1. The molecule has 2 atom stereocenters. The number of nitrogens with one attached hydrogen (secondary N) is 2. The van der Waals surface area contributed by atoms with Gasteiger partial charge >= 0.3 is 6.03 Å². The first-order chi connectivity index (χ1) is 11.5. The Labute approximate surface area is 150 Å². The molecule has 0 saturated heterocycles. The third kappa shape index (κ3) is 5.65. The molecule has 7 heteroatoms. The van der Waals surface area contributed by atoms with E-state index in [1.165, 1.54) is 11.3 Å². The molecular weight excluding hydrogens is 342 g/mol. The van der Waals surface area contributed by atoms with Gasteiger partial charge in [-0.15, -0.1) is 22.7 Å². The summed E-state index contributed by atoms with van der Waals surface area (Å²) in [5, 5.41) is 9.68. The van der Waals surface area contributed by atoms with Crippen LogP contribution in [0.5, 0.6) is 0 Å². The number of carbonyl (C=O) groups excluding carboxylic acids is 2. The van der Waals surface area contributed by atoms with Crippen LogP contribution < -0.4 is 16.4 Å². The number of urea groups is 1. The summed E-state index contributed by atoms with van der Waals surface area (Å²) in [7, 11) is 0. The van der Waals surface area contributed by atoms with Crippen LogP contribution >= 0.6 is 22.7 Å². The molecule has 0 saturated carbocycles. The lowest BCUT2D eigenvalue weighted by atomic mass is 10.0. The van der Waals surface area contributed by atoms with Gasteiger partial charge < -0.3 is 16.4 Å². The molecule has 0 aliphatic heterocycles. The molecule has 0 aliphatic rings. The average Bonchev–Trinajstić information content (AvgIpc) is 3.18. The normalized spacial score (nSPS) is 13.5. The summed E-state index contributed by atoms with van der Waals surface area (Å²) in [5.74, 6) is 0.371. The van der Waals surface area contributed by atoms with Crippen molar-refractivity contribution in [3.05, 3.63) is 44.8 Å². The van der Waals surface area contributed by atoms with Gasteiger partial charge in [0, 0.05) is 9.75 Å². The Morgan fingerprint density at radius 3 is 2.08 bits per heavy atom. The van der Waals surface area contributed by atoms with Gasteiger partial charge in [0.2, 0.25) is 5.91 Å². The summed E-state index contributed by atoms with van der Waals surface area (Å²) in [5.41, 5.74) is 5.24. The van der Waals surface area contributed by atoms with Crippen LogP contribution in [-0.4, -0.2) is 11.9 Å². The fourth-order valence-corrected chi connectivity index (χ4v) is 4.10.